The third-order valence-corrected chi connectivity index (χ3v) is 3.69. The Hall–Kier alpha value is -2.55. The Balaban J connectivity index is 1.84. The van der Waals surface area contributed by atoms with Crippen molar-refractivity contribution in [2.75, 3.05) is 5.32 Å². The number of amides is 1. The highest BCUT2D eigenvalue weighted by atomic mass is 32.1. The van der Waals surface area contributed by atoms with Crippen molar-refractivity contribution in [1.29, 1.82) is 0 Å². The molecule has 0 spiro atoms. The Bertz CT molecular complexity index is 714. The molecule has 0 saturated carbocycles. The number of hydrogen-bond donors (Lipinski definition) is 1. The first kappa shape index (κ1) is 18.8. The molecule has 25 heavy (non-hydrogen) atoms. The fraction of sp³-hybridized carbons (Fsp3) is 0.250. The van der Waals surface area contributed by atoms with Crippen LogP contribution in [0.25, 0.3) is 0 Å². The molecule has 1 unspecified atom stereocenters. The van der Waals surface area contributed by atoms with Crippen LogP contribution in [0, 0.1) is 0 Å². The number of esters is 1. The second kappa shape index (κ2) is 8.02. The number of halogens is 3. The molecule has 9 heteroatoms. The molecule has 0 fully saturated rings. The van der Waals surface area contributed by atoms with Gasteiger partial charge in [0.1, 0.15) is 5.75 Å². The molecule has 1 atom stereocenters. The number of nitrogens with one attached hydrogen (secondary N) is 1. The summed E-state index contributed by atoms with van der Waals surface area (Å²) in [5, 5.41) is 6.07. The van der Waals surface area contributed by atoms with Crippen molar-refractivity contribution in [3.63, 3.8) is 0 Å². The number of anilines is 1. The fourth-order valence-electron chi connectivity index (χ4n) is 1.84. The third kappa shape index (κ3) is 6.46. The number of hydrogen-bond acceptors (Lipinski definition) is 5. The lowest BCUT2D eigenvalue weighted by atomic mass is 10.2. The molecule has 2 rings (SSSR count). The maximum Gasteiger partial charge on any atom is 0.573 e. The van der Waals surface area contributed by atoms with E-state index in [4.69, 9.17) is 4.74 Å². The van der Waals surface area contributed by atoms with Gasteiger partial charge in [0.05, 0.1) is 6.42 Å². The Morgan fingerprint density at radius 2 is 1.88 bits per heavy atom. The van der Waals surface area contributed by atoms with Crippen molar-refractivity contribution in [2.45, 2.75) is 25.8 Å². The average molecular weight is 373 g/mol. The predicted molar refractivity (Wildman–Crippen MR) is 85.3 cm³/mol. The van der Waals surface area contributed by atoms with E-state index in [1.165, 1.54) is 30.4 Å². The summed E-state index contributed by atoms with van der Waals surface area (Å²) < 4.78 is 45.0. The Labute approximate surface area is 145 Å². The largest absolute Gasteiger partial charge is 0.573 e. The van der Waals surface area contributed by atoms with E-state index in [9.17, 15) is 22.8 Å². The molecule has 0 bridgehead atoms. The molecule has 1 aromatic heterocycles. The molecule has 0 radical (unpaired) electrons. The normalized spacial score (nSPS) is 12.3. The standard InChI is InChI=1S/C16H14F3NO4S/c1-10(23-14(21)8-11-6-7-25-9-11)15(22)20-12-2-4-13(5-3-12)24-16(17,18)19/h2-7,9-10H,8H2,1H3,(H,20,22). The van der Waals surface area contributed by atoms with Gasteiger partial charge in [0, 0.05) is 5.69 Å². The Morgan fingerprint density at radius 1 is 1.20 bits per heavy atom. The lowest BCUT2D eigenvalue weighted by Gasteiger charge is -2.14. The van der Waals surface area contributed by atoms with Crippen molar-refractivity contribution in [3.8, 4) is 5.75 Å². The topological polar surface area (TPSA) is 64.6 Å². The fourth-order valence-corrected chi connectivity index (χ4v) is 2.50. The number of thiophene rings is 1. The molecule has 5 nitrogen and oxygen atoms in total. The van der Waals surface area contributed by atoms with Crippen LogP contribution in [0.15, 0.2) is 41.1 Å². The van der Waals surface area contributed by atoms with Gasteiger partial charge >= 0.3 is 12.3 Å². The Kier molecular flexibility index (Phi) is 6.02. The molecule has 0 saturated heterocycles. The summed E-state index contributed by atoms with van der Waals surface area (Å²) in [6.07, 6.45) is -5.77. The zero-order valence-electron chi connectivity index (χ0n) is 13.0. The summed E-state index contributed by atoms with van der Waals surface area (Å²) in [6, 6.07) is 6.41. The van der Waals surface area contributed by atoms with Gasteiger partial charge in [-0.15, -0.1) is 13.2 Å². The first-order valence-corrected chi connectivity index (χ1v) is 8.04. The van der Waals surface area contributed by atoms with Crippen molar-refractivity contribution in [1.82, 2.24) is 0 Å². The minimum atomic E-state index is -4.78. The molecule has 134 valence electrons. The molecule has 1 amide bonds. The summed E-state index contributed by atoms with van der Waals surface area (Å²) in [7, 11) is 0. The zero-order valence-corrected chi connectivity index (χ0v) is 13.8. The van der Waals surface area contributed by atoms with Crippen LogP contribution in [0.5, 0.6) is 5.75 Å². The molecular formula is C16H14F3NO4S. The highest BCUT2D eigenvalue weighted by Gasteiger charge is 2.31. The van der Waals surface area contributed by atoms with Gasteiger partial charge in [0.25, 0.3) is 5.91 Å². The number of carbonyl (C=O) groups is 2. The van der Waals surface area contributed by atoms with Gasteiger partial charge < -0.3 is 14.8 Å². The van der Waals surface area contributed by atoms with E-state index < -0.39 is 30.1 Å². The summed E-state index contributed by atoms with van der Waals surface area (Å²) >= 11 is 1.45. The van der Waals surface area contributed by atoms with Crippen LogP contribution >= 0.6 is 11.3 Å². The van der Waals surface area contributed by atoms with E-state index >= 15 is 0 Å². The molecule has 0 aliphatic heterocycles. The van der Waals surface area contributed by atoms with Crippen LogP contribution in [-0.4, -0.2) is 24.3 Å². The van der Waals surface area contributed by atoms with Crippen molar-refractivity contribution < 1.29 is 32.2 Å². The lowest BCUT2D eigenvalue weighted by molar-refractivity contribution is -0.274. The van der Waals surface area contributed by atoms with Crippen molar-refractivity contribution in [2.24, 2.45) is 0 Å². The first-order chi connectivity index (χ1) is 11.7. The molecule has 1 heterocycles. The van der Waals surface area contributed by atoms with E-state index in [-0.39, 0.29) is 12.1 Å². The lowest BCUT2D eigenvalue weighted by Crippen LogP contribution is -2.30. The van der Waals surface area contributed by atoms with Crippen molar-refractivity contribution in [3.05, 3.63) is 46.7 Å². The first-order valence-electron chi connectivity index (χ1n) is 7.10. The van der Waals surface area contributed by atoms with Gasteiger partial charge in [0.2, 0.25) is 0 Å². The number of benzene rings is 1. The van der Waals surface area contributed by atoms with Gasteiger partial charge in [0.15, 0.2) is 6.10 Å². The molecule has 2 aromatic rings. The quantitative estimate of drug-likeness (QED) is 0.783. The minimum Gasteiger partial charge on any atom is -0.452 e. The highest BCUT2D eigenvalue weighted by Crippen LogP contribution is 2.24. The second-order valence-electron chi connectivity index (χ2n) is 5.00. The second-order valence-corrected chi connectivity index (χ2v) is 5.78. The molecule has 1 N–H and O–H groups in total. The van der Waals surface area contributed by atoms with Gasteiger partial charge in [-0.3, -0.25) is 9.59 Å². The summed E-state index contributed by atoms with van der Waals surface area (Å²) in [6.45, 7) is 1.40. The van der Waals surface area contributed by atoms with E-state index in [1.807, 2.05) is 5.38 Å². The summed E-state index contributed by atoms with van der Waals surface area (Å²) in [4.78, 5) is 23.7. The van der Waals surface area contributed by atoms with E-state index in [0.29, 0.717) is 0 Å². The predicted octanol–water partition coefficient (Wildman–Crippen LogP) is 3.76. The van der Waals surface area contributed by atoms with E-state index in [2.05, 4.69) is 10.1 Å². The molecular weight excluding hydrogens is 359 g/mol. The zero-order chi connectivity index (χ0) is 18.4. The highest BCUT2D eigenvalue weighted by molar-refractivity contribution is 7.07. The van der Waals surface area contributed by atoms with Crippen LogP contribution in [0.2, 0.25) is 0 Å². The monoisotopic (exact) mass is 373 g/mol. The van der Waals surface area contributed by atoms with Crippen molar-refractivity contribution >= 4 is 28.9 Å². The maximum atomic E-state index is 12.1. The number of ether oxygens (including phenoxy) is 2. The van der Waals surface area contributed by atoms with Crippen LogP contribution in [0.3, 0.4) is 0 Å². The summed E-state index contributed by atoms with van der Waals surface area (Å²) in [5.41, 5.74) is 1.04. The minimum absolute atomic E-state index is 0.0601. The van der Waals surface area contributed by atoms with Gasteiger partial charge in [-0.25, -0.2) is 0 Å². The number of rotatable bonds is 6. The molecule has 1 aromatic carbocycles. The molecule has 0 aliphatic carbocycles. The van der Waals surface area contributed by atoms with Crippen LogP contribution in [0.4, 0.5) is 18.9 Å². The third-order valence-electron chi connectivity index (χ3n) is 2.96. The Morgan fingerprint density at radius 3 is 2.44 bits per heavy atom. The van der Waals surface area contributed by atoms with E-state index in [0.717, 1.165) is 17.7 Å². The van der Waals surface area contributed by atoms with Gasteiger partial charge in [-0.2, -0.15) is 11.3 Å². The van der Waals surface area contributed by atoms with Gasteiger partial charge in [-0.1, -0.05) is 0 Å². The smallest absolute Gasteiger partial charge is 0.452 e. The molecule has 0 aliphatic rings. The van der Waals surface area contributed by atoms with Crippen LogP contribution in [0.1, 0.15) is 12.5 Å². The summed E-state index contributed by atoms with van der Waals surface area (Å²) in [5.74, 6) is -1.54. The number of alkyl halides is 3. The average Bonchev–Trinajstić information content (AvgIpc) is 3.00. The maximum absolute atomic E-state index is 12.1. The SMILES string of the molecule is CC(OC(=O)Cc1ccsc1)C(=O)Nc1ccc(OC(F)(F)F)cc1. The van der Waals surface area contributed by atoms with Crippen LogP contribution in [-0.2, 0) is 20.7 Å². The van der Waals surface area contributed by atoms with Crippen LogP contribution < -0.4 is 10.1 Å². The van der Waals surface area contributed by atoms with E-state index in [1.54, 1.807) is 11.4 Å². The number of carbonyl (C=O) groups excluding carboxylic acids is 2. The van der Waals surface area contributed by atoms with Gasteiger partial charge in [-0.05, 0) is 53.6 Å².